The lowest BCUT2D eigenvalue weighted by Gasteiger charge is -2.47. The molecule has 1 aromatic carbocycles. The zero-order valence-corrected chi connectivity index (χ0v) is 20.6. The summed E-state index contributed by atoms with van der Waals surface area (Å²) in [4.78, 5) is 14.4. The molecule has 2 aromatic heterocycles. The molecule has 0 amide bonds. The summed E-state index contributed by atoms with van der Waals surface area (Å²) < 4.78 is 1.92. The largest absolute Gasteiger partial charge is 0.395 e. The van der Waals surface area contributed by atoms with Gasteiger partial charge in [0.05, 0.1) is 24.5 Å². The van der Waals surface area contributed by atoms with E-state index >= 15 is 0 Å². The van der Waals surface area contributed by atoms with E-state index in [0.717, 1.165) is 61.0 Å². The summed E-state index contributed by atoms with van der Waals surface area (Å²) >= 11 is 12.6. The molecule has 2 fully saturated rings. The van der Waals surface area contributed by atoms with Crippen LogP contribution in [-0.4, -0.2) is 69.1 Å². The first-order chi connectivity index (χ1) is 15.9. The maximum atomic E-state index is 9.27. The summed E-state index contributed by atoms with van der Waals surface area (Å²) in [5, 5.41) is 15.2. The zero-order chi connectivity index (χ0) is 23.1. The van der Waals surface area contributed by atoms with Gasteiger partial charge in [0.15, 0.2) is 5.65 Å². The van der Waals surface area contributed by atoms with Gasteiger partial charge in [0.25, 0.3) is 0 Å². The van der Waals surface area contributed by atoms with Crippen molar-refractivity contribution in [3.05, 3.63) is 45.7 Å². The monoisotopic (exact) mass is 488 g/mol. The molecular weight excluding hydrogens is 459 g/mol. The van der Waals surface area contributed by atoms with Gasteiger partial charge in [0, 0.05) is 36.2 Å². The van der Waals surface area contributed by atoms with E-state index < -0.39 is 0 Å². The molecule has 2 atom stereocenters. The van der Waals surface area contributed by atoms with E-state index in [1.807, 2.05) is 29.9 Å². The maximum Gasteiger partial charge on any atom is 0.179 e. The summed E-state index contributed by atoms with van der Waals surface area (Å²) in [6, 6.07) is 5.46. The fraction of sp³-hybridized carbons (Fsp3) is 0.542. The van der Waals surface area contributed by atoms with Crippen molar-refractivity contribution < 1.29 is 5.11 Å². The van der Waals surface area contributed by atoms with Crippen molar-refractivity contribution in [3.63, 3.8) is 0 Å². The molecule has 176 valence electrons. The lowest BCUT2D eigenvalue weighted by Crippen LogP contribution is -2.54. The van der Waals surface area contributed by atoms with Crippen molar-refractivity contribution in [2.45, 2.75) is 32.7 Å². The van der Waals surface area contributed by atoms with Gasteiger partial charge in [-0.05, 0) is 62.8 Å². The van der Waals surface area contributed by atoms with Crippen molar-refractivity contribution in [1.29, 1.82) is 0 Å². The Morgan fingerprint density at radius 3 is 2.76 bits per heavy atom. The molecule has 3 aromatic rings. The number of aryl methyl sites for hydroxylation is 1. The van der Waals surface area contributed by atoms with Crippen LogP contribution in [0.2, 0.25) is 10.0 Å². The first-order valence-electron chi connectivity index (χ1n) is 11.7. The lowest BCUT2D eigenvalue weighted by molar-refractivity contribution is 0.101. The van der Waals surface area contributed by atoms with Crippen LogP contribution in [0.25, 0.3) is 11.2 Å². The van der Waals surface area contributed by atoms with Crippen LogP contribution in [0, 0.1) is 18.8 Å². The highest BCUT2D eigenvalue weighted by molar-refractivity contribution is 6.35. The lowest BCUT2D eigenvalue weighted by atomic mass is 9.80. The van der Waals surface area contributed by atoms with E-state index in [0.29, 0.717) is 21.9 Å². The minimum atomic E-state index is -0.0978. The van der Waals surface area contributed by atoms with Gasteiger partial charge >= 0.3 is 0 Å². The first kappa shape index (κ1) is 22.8. The number of rotatable bonds is 6. The molecule has 0 radical (unpaired) electrons. The standard InChI is InChI=1S/C24H30Cl2N6O/c1-15-23-24(32(29-15)16(2)20-6-5-19(25)10-21(20)26)28-22(11-27-23)31-13-18(14-31)17-4-3-7-30(12-17)8-9-33/h5-6,10-11,16-18,33H,3-4,7-9,12-14H2,1-2H3/t16-,17+/m1/s1. The van der Waals surface area contributed by atoms with Gasteiger partial charge in [0.2, 0.25) is 0 Å². The number of anilines is 1. The van der Waals surface area contributed by atoms with Crippen LogP contribution in [-0.2, 0) is 0 Å². The molecule has 0 spiro atoms. The summed E-state index contributed by atoms with van der Waals surface area (Å²) in [5.41, 5.74) is 3.40. The molecule has 0 aliphatic carbocycles. The molecule has 5 rings (SSSR count). The molecule has 1 N–H and O–H groups in total. The molecule has 2 saturated heterocycles. The summed E-state index contributed by atoms with van der Waals surface area (Å²) in [6.45, 7) is 9.26. The van der Waals surface area contributed by atoms with Gasteiger partial charge in [-0.25, -0.2) is 14.6 Å². The number of nitrogens with zero attached hydrogens (tertiary/aromatic N) is 6. The van der Waals surface area contributed by atoms with E-state index in [-0.39, 0.29) is 12.6 Å². The number of hydrogen-bond donors (Lipinski definition) is 1. The second-order valence-electron chi connectivity index (χ2n) is 9.36. The van der Waals surface area contributed by atoms with E-state index in [4.69, 9.17) is 38.3 Å². The average molecular weight is 489 g/mol. The third-order valence-electron chi connectivity index (χ3n) is 7.20. The van der Waals surface area contributed by atoms with Gasteiger partial charge in [-0.1, -0.05) is 29.3 Å². The van der Waals surface area contributed by atoms with Crippen LogP contribution in [0.1, 0.15) is 37.1 Å². The molecule has 33 heavy (non-hydrogen) atoms. The number of fused-ring (bicyclic) bond motifs is 1. The van der Waals surface area contributed by atoms with E-state index in [9.17, 15) is 5.11 Å². The number of piperidine rings is 1. The highest BCUT2D eigenvalue weighted by Gasteiger charge is 2.36. The van der Waals surface area contributed by atoms with Gasteiger partial charge in [-0.2, -0.15) is 5.10 Å². The number of benzene rings is 1. The van der Waals surface area contributed by atoms with E-state index in [1.165, 1.54) is 12.8 Å². The highest BCUT2D eigenvalue weighted by atomic mass is 35.5. The predicted molar refractivity (Wildman–Crippen MR) is 132 cm³/mol. The van der Waals surface area contributed by atoms with Crippen molar-refractivity contribution >= 4 is 40.2 Å². The number of hydrogen-bond acceptors (Lipinski definition) is 6. The molecule has 2 aliphatic heterocycles. The summed E-state index contributed by atoms with van der Waals surface area (Å²) in [6.07, 6.45) is 4.36. The predicted octanol–water partition coefficient (Wildman–Crippen LogP) is 4.19. The maximum absolute atomic E-state index is 9.27. The highest BCUT2D eigenvalue weighted by Crippen LogP contribution is 2.35. The summed E-state index contributed by atoms with van der Waals surface area (Å²) in [5.74, 6) is 2.26. The van der Waals surface area contributed by atoms with Crippen LogP contribution in [0.5, 0.6) is 0 Å². The van der Waals surface area contributed by atoms with Crippen LogP contribution in [0.15, 0.2) is 24.4 Å². The quantitative estimate of drug-likeness (QED) is 0.560. The number of aliphatic hydroxyl groups excluding tert-OH is 1. The Labute approximate surface area is 204 Å². The number of halogens is 2. The van der Waals surface area contributed by atoms with Crippen LogP contribution < -0.4 is 4.90 Å². The SMILES string of the molecule is Cc1nn([C@H](C)c2ccc(Cl)cc2Cl)c2nc(N3CC([C@H]4CCCN(CCO)C4)C3)cnc12. The second-order valence-corrected chi connectivity index (χ2v) is 10.2. The Bertz CT molecular complexity index is 1140. The Morgan fingerprint density at radius 2 is 2.00 bits per heavy atom. The number of aromatic nitrogens is 4. The minimum Gasteiger partial charge on any atom is -0.395 e. The molecule has 4 heterocycles. The summed E-state index contributed by atoms with van der Waals surface area (Å²) in [7, 11) is 0. The number of likely N-dealkylation sites (tertiary alicyclic amines) is 1. The Hall–Kier alpha value is -1.93. The minimum absolute atomic E-state index is 0.0978. The fourth-order valence-electron chi connectivity index (χ4n) is 5.25. The number of β-amino-alcohol motifs (C(OH)–C–C–N with tert-alkyl or cyclic N) is 1. The van der Waals surface area contributed by atoms with Crippen molar-refractivity contribution in [2.24, 2.45) is 11.8 Å². The molecule has 7 nitrogen and oxygen atoms in total. The molecule has 0 bridgehead atoms. The Kier molecular flexibility index (Phi) is 6.49. The Morgan fingerprint density at radius 1 is 1.18 bits per heavy atom. The topological polar surface area (TPSA) is 70.3 Å². The molecular formula is C24H30Cl2N6O. The van der Waals surface area contributed by atoms with E-state index in [2.05, 4.69) is 16.7 Å². The third kappa shape index (κ3) is 4.44. The third-order valence-corrected chi connectivity index (χ3v) is 7.76. The van der Waals surface area contributed by atoms with Gasteiger partial charge in [-0.3, -0.25) is 0 Å². The van der Waals surface area contributed by atoms with Crippen molar-refractivity contribution in [2.75, 3.05) is 44.2 Å². The fourth-order valence-corrected chi connectivity index (χ4v) is 5.82. The number of aliphatic hydroxyl groups is 1. The Balaban J connectivity index is 1.35. The zero-order valence-electron chi connectivity index (χ0n) is 19.1. The molecule has 0 saturated carbocycles. The molecule has 9 heteroatoms. The van der Waals surface area contributed by atoms with Gasteiger partial charge < -0.3 is 14.9 Å². The van der Waals surface area contributed by atoms with Crippen LogP contribution in [0.3, 0.4) is 0 Å². The van der Waals surface area contributed by atoms with E-state index in [1.54, 1.807) is 6.07 Å². The smallest absolute Gasteiger partial charge is 0.179 e. The normalized spacial score (nSPS) is 20.9. The molecule has 2 aliphatic rings. The molecule has 0 unspecified atom stereocenters. The first-order valence-corrected chi connectivity index (χ1v) is 12.4. The van der Waals surface area contributed by atoms with Gasteiger partial charge in [-0.15, -0.1) is 0 Å². The second kappa shape index (κ2) is 9.37. The average Bonchev–Trinajstić information content (AvgIpc) is 3.09. The van der Waals surface area contributed by atoms with Crippen LogP contribution in [0.4, 0.5) is 5.82 Å². The van der Waals surface area contributed by atoms with Crippen molar-refractivity contribution in [1.82, 2.24) is 24.6 Å². The van der Waals surface area contributed by atoms with Gasteiger partial charge in [0.1, 0.15) is 11.3 Å². The van der Waals surface area contributed by atoms with Crippen molar-refractivity contribution in [3.8, 4) is 0 Å². The van der Waals surface area contributed by atoms with Crippen LogP contribution >= 0.6 is 23.2 Å².